The van der Waals surface area contributed by atoms with Gasteiger partial charge in [0.2, 0.25) is 11.7 Å². The summed E-state index contributed by atoms with van der Waals surface area (Å²) >= 11 is 0. The summed E-state index contributed by atoms with van der Waals surface area (Å²) in [6.07, 6.45) is 0. The van der Waals surface area contributed by atoms with E-state index >= 15 is 0 Å². The maximum atomic E-state index is 12.9. The lowest BCUT2D eigenvalue weighted by atomic mass is 10.1. The molecule has 0 saturated heterocycles. The number of aromatic nitrogens is 2. The maximum absolute atomic E-state index is 12.9. The van der Waals surface area contributed by atoms with E-state index in [0.717, 1.165) is 6.07 Å². The Hall–Kier alpha value is -2.15. The van der Waals surface area contributed by atoms with E-state index in [0.29, 0.717) is 0 Å². The topological polar surface area (TPSA) is 105 Å². The molecule has 0 saturated carbocycles. The molecule has 1 aromatic carbocycles. The molecule has 0 fully saturated rings. The SMILES string of the molecule is NCc1nc(-c2ccc(F)c(O)c2O)no1. The molecule has 4 N–H and O–H groups in total. The van der Waals surface area contributed by atoms with Crippen LogP contribution in [0, 0.1) is 5.82 Å². The quantitative estimate of drug-likeness (QED) is 0.651. The highest BCUT2D eigenvalue weighted by atomic mass is 19.1. The number of halogens is 1. The molecule has 0 aliphatic rings. The fourth-order valence-corrected chi connectivity index (χ4v) is 1.18. The monoisotopic (exact) mass is 225 g/mol. The average Bonchev–Trinajstić information content (AvgIpc) is 2.74. The summed E-state index contributed by atoms with van der Waals surface area (Å²) in [5, 5.41) is 22.2. The molecule has 0 amide bonds. The molecule has 7 heteroatoms. The lowest BCUT2D eigenvalue weighted by Crippen LogP contribution is -1.95. The van der Waals surface area contributed by atoms with Crippen LogP contribution in [0.5, 0.6) is 11.5 Å². The van der Waals surface area contributed by atoms with Crippen molar-refractivity contribution >= 4 is 0 Å². The van der Waals surface area contributed by atoms with E-state index in [9.17, 15) is 14.6 Å². The van der Waals surface area contributed by atoms with Crippen molar-refractivity contribution in [2.75, 3.05) is 0 Å². The summed E-state index contributed by atoms with van der Waals surface area (Å²) in [5.41, 5.74) is 5.34. The standard InChI is InChI=1S/C9H8FN3O3/c10-5-2-1-4(7(14)8(5)15)9-12-6(3-11)16-13-9/h1-2,14-15H,3,11H2. The van der Waals surface area contributed by atoms with Crippen molar-refractivity contribution in [1.29, 1.82) is 0 Å². The van der Waals surface area contributed by atoms with Gasteiger partial charge in [-0.3, -0.25) is 0 Å². The second-order valence-electron chi connectivity index (χ2n) is 3.01. The molecule has 0 spiro atoms. The highest BCUT2D eigenvalue weighted by molar-refractivity contribution is 5.67. The maximum Gasteiger partial charge on any atom is 0.240 e. The summed E-state index contributed by atoms with van der Waals surface area (Å²) in [6.45, 7) is 0.0565. The van der Waals surface area contributed by atoms with Crippen molar-refractivity contribution in [3.8, 4) is 22.9 Å². The van der Waals surface area contributed by atoms with Crippen LogP contribution in [0.4, 0.5) is 4.39 Å². The fourth-order valence-electron chi connectivity index (χ4n) is 1.18. The van der Waals surface area contributed by atoms with Gasteiger partial charge in [0, 0.05) is 0 Å². The number of rotatable bonds is 2. The van der Waals surface area contributed by atoms with Crippen LogP contribution in [0.1, 0.15) is 5.89 Å². The van der Waals surface area contributed by atoms with E-state index in [4.69, 9.17) is 10.3 Å². The third-order valence-corrected chi connectivity index (χ3v) is 1.99. The average molecular weight is 225 g/mol. The molecule has 84 valence electrons. The van der Waals surface area contributed by atoms with Crippen LogP contribution in [-0.2, 0) is 6.54 Å². The van der Waals surface area contributed by atoms with Gasteiger partial charge in [0.05, 0.1) is 12.1 Å². The summed E-state index contributed by atoms with van der Waals surface area (Å²) in [7, 11) is 0. The number of nitrogens with two attached hydrogens (primary N) is 1. The fraction of sp³-hybridized carbons (Fsp3) is 0.111. The van der Waals surface area contributed by atoms with Gasteiger partial charge in [-0.05, 0) is 12.1 Å². The van der Waals surface area contributed by atoms with E-state index in [1.165, 1.54) is 6.07 Å². The summed E-state index contributed by atoms with van der Waals surface area (Å²) < 4.78 is 17.6. The number of hydrogen-bond donors (Lipinski definition) is 3. The van der Waals surface area contributed by atoms with Gasteiger partial charge in [0.1, 0.15) is 0 Å². The molecule has 0 bridgehead atoms. The summed E-state index contributed by atoms with van der Waals surface area (Å²) in [4.78, 5) is 3.83. The van der Waals surface area contributed by atoms with Gasteiger partial charge in [-0.2, -0.15) is 4.98 Å². The zero-order valence-corrected chi connectivity index (χ0v) is 8.01. The van der Waals surface area contributed by atoms with Gasteiger partial charge in [-0.1, -0.05) is 5.16 Å². The van der Waals surface area contributed by atoms with E-state index in [1.54, 1.807) is 0 Å². The van der Waals surface area contributed by atoms with E-state index in [2.05, 4.69) is 10.1 Å². The molecule has 0 unspecified atom stereocenters. The minimum Gasteiger partial charge on any atom is -0.504 e. The largest absolute Gasteiger partial charge is 0.504 e. The van der Waals surface area contributed by atoms with Gasteiger partial charge in [-0.15, -0.1) is 0 Å². The van der Waals surface area contributed by atoms with Crippen molar-refractivity contribution in [2.45, 2.75) is 6.54 Å². The van der Waals surface area contributed by atoms with Crippen molar-refractivity contribution < 1.29 is 19.1 Å². The molecular formula is C9H8FN3O3. The smallest absolute Gasteiger partial charge is 0.240 e. The molecule has 6 nitrogen and oxygen atoms in total. The Morgan fingerprint density at radius 3 is 2.69 bits per heavy atom. The van der Waals surface area contributed by atoms with Crippen LogP contribution >= 0.6 is 0 Å². The molecule has 0 aliphatic carbocycles. The Morgan fingerprint density at radius 1 is 1.31 bits per heavy atom. The van der Waals surface area contributed by atoms with Crippen molar-refractivity contribution in [3.63, 3.8) is 0 Å². The van der Waals surface area contributed by atoms with Gasteiger partial charge in [0.25, 0.3) is 0 Å². The first-order valence-corrected chi connectivity index (χ1v) is 4.37. The molecule has 16 heavy (non-hydrogen) atoms. The molecule has 0 radical (unpaired) electrons. The normalized spacial score (nSPS) is 10.6. The lowest BCUT2D eigenvalue weighted by molar-refractivity contribution is 0.375. The van der Waals surface area contributed by atoms with Crippen LogP contribution in [0.25, 0.3) is 11.4 Å². The first-order chi connectivity index (χ1) is 7.63. The van der Waals surface area contributed by atoms with Crippen LogP contribution < -0.4 is 5.73 Å². The van der Waals surface area contributed by atoms with Crippen LogP contribution in [-0.4, -0.2) is 20.4 Å². The Morgan fingerprint density at radius 2 is 2.06 bits per heavy atom. The zero-order chi connectivity index (χ0) is 11.7. The van der Waals surface area contributed by atoms with Gasteiger partial charge >= 0.3 is 0 Å². The van der Waals surface area contributed by atoms with Crippen molar-refractivity contribution in [1.82, 2.24) is 10.1 Å². The minimum atomic E-state index is -0.927. The molecule has 2 rings (SSSR count). The van der Waals surface area contributed by atoms with Crippen LogP contribution in [0.3, 0.4) is 0 Å². The third-order valence-electron chi connectivity index (χ3n) is 1.99. The molecular weight excluding hydrogens is 217 g/mol. The summed E-state index contributed by atoms with van der Waals surface area (Å²) in [5.74, 6) is -2.20. The van der Waals surface area contributed by atoms with E-state index < -0.39 is 17.3 Å². The molecule has 2 aromatic rings. The van der Waals surface area contributed by atoms with Crippen LogP contribution in [0.2, 0.25) is 0 Å². The summed E-state index contributed by atoms with van der Waals surface area (Å²) in [6, 6.07) is 2.22. The molecule has 0 atom stereocenters. The van der Waals surface area contributed by atoms with Crippen molar-refractivity contribution in [2.24, 2.45) is 5.73 Å². The predicted octanol–water partition coefficient (Wildman–Crippen LogP) is 0.746. The predicted molar refractivity (Wildman–Crippen MR) is 50.9 cm³/mol. The number of hydrogen-bond acceptors (Lipinski definition) is 6. The van der Waals surface area contributed by atoms with E-state index in [1.807, 2.05) is 0 Å². The third kappa shape index (κ3) is 1.57. The Kier molecular flexibility index (Phi) is 2.45. The first-order valence-electron chi connectivity index (χ1n) is 4.37. The highest BCUT2D eigenvalue weighted by Crippen LogP contribution is 2.36. The van der Waals surface area contributed by atoms with Crippen molar-refractivity contribution in [3.05, 3.63) is 23.8 Å². The number of aromatic hydroxyl groups is 2. The molecule has 1 aromatic heterocycles. The second-order valence-corrected chi connectivity index (χ2v) is 3.01. The number of nitrogens with zero attached hydrogens (tertiary/aromatic N) is 2. The molecule has 0 aliphatic heterocycles. The first kappa shape index (κ1) is 10.4. The number of phenols is 2. The Balaban J connectivity index is 2.52. The number of phenolic OH excluding ortho intramolecular Hbond substituents is 2. The van der Waals surface area contributed by atoms with Gasteiger partial charge in [0.15, 0.2) is 17.3 Å². The van der Waals surface area contributed by atoms with E-state index in [-0.39, 0.29) is 23.8 Å². The van der Waals surface area contributed by atoms with Gasteiger partial charge in [-0.25, -0.2) is 4.39 Å². The van der Waals surface area contributed by atoms with Crippen LogP contribution in [0.15, 0.2) is 16.7 Å². The Bertz CT molecular complexity index is 527. The minimum absolute atomic E-state index is 0.0354. The highest BCUT2D eigenvalue weighted by Gasteiger charge is 2.17. The Labute approximate surface area is 89.1 Å². The van der Waals surface area contributed by atoms with Gasteiger partial charge < -0.3 is 20.5 Å². The lowest BCUT2D eigenvalue weighted by Gasteiger charge is -2.02. The molecule has 1 heterocycles. The second kappa shape index (κ2) is 3.78. The zero-order valence-electron chi connectivity index (χ0n) is 8.01. The number of benzene rings is 1.